The van der Waals surface area contributed by atoms with Crippen LogP contribution in [0.15, 0.2) is 44.7 Å². The second-order valence-corrected chi connectivity index (χ2v) is 5.82. The molecule has 1 heterocycles. The van der Waals surface area contributed by atoms with Crippen molar-refractivity contribution >= 4 is 11.8 Å². The van der Waals surface area contributed by atoms with E-state index in [0.29, 0.717) is 0 Å². The highest BCUT2D eigenvalue weighted by molar-refractivity contribution is 7.99. The van der Waals surface area contributed by atoms with Gasteiger partial charge in [0.1, 0.15) is 5.76 Å². The van der Waals surface area contributed by atoms with Crippen LogP contribution < -0.4 is 5.32 Å². The molecule has 0 radical (unpaired) electrons. The Morgan fingerprint density at radius 2 is 2.10 bits per heavy atom. The third-order valence-corrected chi connectivity index (χ3v) is 4.28. The molecule has 2 aromatic rings. The van der Waals surface area contributed by atoms with Gasteiger partial charge in [0.05, 0.1) is 17.8 Å². The second-order valence-electron chi connectivity index (χ2n) is 4.70. The molecule has 0 spiro atoms. The largest absolute Gasteiger partial charge is 0.468 e. The Morgan fingerprint density at radius 3 is 2.75 bits per heavy atom. The lowest BCUT2D eigenvalue weighted by atomic mass is 10.1. The molecule has 0 saturated heterocycles. The van der Waals surface area contributed by atoms with Crippen LogP contribution in [0, 0.1) is 13.8 Å². The molecule has 0 aliphatic heterocycles. The fourth-order valence-corrected chi connectivity index (χ4v) is 2.87. The number of nitrogens with one attached hydrogen (secondary N) is 1. The van der Waals surface area contributed by atoms with Gasteiger partial charge < -0.3 is 14.5 Å². The van der Waals surface area contributed by atoms with Gasteiger partial charge in [0, 0.05) is 25.1 Å². The number of hydrogen-bond donors (Lipinski definition) is 1. The Balaban J connectivity index is 1.97. The lowest BCUT2D eigenvalue weighted by molar-refractivity contribution is 0.199. The third kappa shape index (κ3) is 4.13. The number of benzene rings is 1. The molecule has 20 heavy (non-hydrogen) atoms. The maximum atomic E-state index is 5.32. The molecule has 4 heteroatoms. The number of methoxy groups -OCH3 is 1. The van der Waals surface area contributed by atoms with Crippen molar-refractivity contribution in [3.8, 4) is 0 Å². The fraction of sp³-hybridized carbons (Fsp3) is 0.375. The predicted octanol–water partition coefficient (Wildman–Crippen LogP) is 3.78. The molecule has 3 nitrogen and oxygen atoms in total. The summed E-state index contributed by atoms with van der Waals surface area (Å²) >= 11 is 1.74. The van der Waals surface area contributed by atoms with E-state index in [4.69, 9.17) is 9.15 Å². The van der Waals surface area contributed by atoms with Gasteiger partial charge in [0.25, 0.3) is 0 Å². The summed E-state index contributed by atoms with van der Waals surface area (Å²) in [5.74, 6) is 0.970. The van der Waals surface area contributed by atoms with E-state index >= 15 is 0 Å². The highest BCUT2D eigenvalue weighted by atomic mass is 32.2. The zero-order valence-electron chi connectivity index (χ0n) is 12.2. The number of ether oxygens (including phenoxy) is 1. The van der Waals surface area contributed by atoms with Gasteiger partial charge >= 0.3 is 0 Å². The standard InChI is InChI=1S/C16H21NO2S/c1-12-10-15(20-16-6-8-19-13(16)2)5-4-14(12)11-17-7-9-18-3/h4-6,8,10,17H,7,9,11H2,1-3H3. The highest BCUT2D eigenvalue weighted by Crippen LogP contribution is 2.31. The van der Waals surface area contributed by atoms with Gasteiger partial charge in [-0.05, 0) is 43.2 Å². The van der Waals surface area contributed by atoms with Gasteiger partial charge in [-0.1, -0.05) is 17.8 Å². The summed E-state index contributed by atoms with van der Waals surface area (Å²) in [4.78, 5) is 2.42. The molecule has 0 amide bonds. The molecule has 1 aromatic heterocycles. The van der Waals surface area contributed by atoms with E-state index in [-0.39, 0.29) is 0 Å². The molecule has 0 atom stereocenters. The summed E-state index contributed by atoms with van der Waals surface area (Å²) < 4.78 is 10.3. The van der Waals surface area contributed by atoms with Crippen LogP contribution in [-0.4, -0.2) is 20.3 Å². The second kappa shape index (κ2) is 7.53. The molecule has 0 unspecified atom stereocenters. The van der Waals surface area contributed by atoms with Crippen LogP contribution in [0.4, 0.5) is 0 Å². The molecular weight excluding hydrogens is 270 g/mol. The van der Waals surface area contributed by atoms with Gasteiger partial charge in [-0.25, -0.2) is 0 Å². The molecule has 0 aliphatic rings. The quantitative estimate of drug-likeness (QED) is 0.787. The minimum Gasteiger partial charge on any atom is -0.468 e. The molecule has 2 rings (SSSR count). The number of aryl methyl sites for hydroxylation is 2. The smallest absolute Gasteiger partial charge is 0.114 e. The maximum absolute atomic E-state index is 5.32. The van der Waals surface area contributed by atoms with Gasteiger partial charge in [0.15, 0.2) is 0 Å². The van der Waals surface area contributed by atoms with Crippen LogP contribution in [0.3, 0.4) is 0 Å². The third-order valence-electron chi connectivity index (χ3n) is 3.15. The topological polar surface area (TPSA) is 34.4 Å². The number of rotatable bonds is 7. The average Bonchev–Trinajstić information content (AvgIpc) is 2.82. The highest BCUT2D eigenvalue weighted by Gasteiger charge is 2.05. The Hall–Kier alpha value is -1.23. The summed E-state index contributed by atoms with van der Waals surface area (Å²) in [6.45, 7) is 6.64. The normalized spacial score (nSPS) is 10.9. The van der Waals surface area contributed by atoms with Crippen LogP contribution in [0.25, 0.3) is 0 Å². The van der Waals surface area contributed by atoms with Crippen molar-refractivity contribution in [1.82, 2.24) is 5.32 Å². The zero-order chi connectivity index (χ0) is 14.4. The SMILES string of the molecule is COCCNCc1ccc(Sc2ccoc2C)cc1C. The Labute approximate surface area is 124 Å². The van der Waals surface area contributed by atoms with Crippen LogP contribution in [0.5, 0.6) is 0 Å². The van der Waals surface area contributed by atoms with Crippen molar-refractivity contribution in [3.05, 3.63) is 47.4 Å². The monoisotopic (exact) mass is 291 g/mol. The van der Waals surface area contributed by atoms with E-state index < -0.39 is 0 Å². The van der Waals surface area contributed by atoms with Crippen LogP contribution in [0.1, 0.15) is 16.9 Å². The van der Waals surface area contributed by atoms with Crippen LogP contribution in [0.2, 0.25) is 0 Å². The van der Waals surface area contributed by atoms with E-state index in [1.165, 1.54) is 20.9 Å². The Bertz CT molecular complexity index is 551. The minimum atomic E-state index is 0.743. The van der Waals surface area contributed by atoms with E-state index in [1.807, 2.05) is 13.0 Å². The zero-order valence-corrected chi connectivity index (χ0v) is 13.0. The summed E-state index contributed by atoms with van der Waals surface area (Å²) in [5.41, 5.74) is 2.63. The van der Waals surface area contributed by atoms with Gasteiger partial charge in [-0.2, -0.15) is 0 Å². The Morgan fingerprint density at radius 1 is 1.25 bits per heavy atom. The Kier molecular flexibility index (Phi) is 5.71. The van der Waals surface area contributed by atoms with E-state index in [9.17, 15) is 0 Å². The summed E-state index contributed by atoms with van der Waals surface area (Å²) in [5, 5.41) is 3.37. The van der Waals surface area contributed by atoms with E-state index in [0.717, 1.165) is 25.5 Å². The fourth-order valence-electron chi connectivity index (χ4n) is 1.93. The van der Waals surface area contributed by atoms with Gasteiger partial charge in [-0.15, -0.1) is 0 Å². The van der Waals surface area contributed by atoms with Crippen LogP contribution >= 0.6 is 11.8 Å². The van der Waals surface area contributed by atoms with Crippen molar-refractivity contribution < 1.29 is 9.15 Å². The lowest BCUT2D eigenvalue weighted by Crippen LogP contribution is -2.19. The molecule has 108 valence electrons. The molecule has 0 aliphatic carbocycles. The molecule has 1 aromatic carbocycles. The maximum Gasteiger partial charge on any atom is 0.114 e. The first-order chi connectivity index (χ1) is 9.70. The lowest BCUT2D eigenvalue weighted by Gasteiger charge is -2.09. The van der Waals surface area contributed by atoms with E-state index in [2.05, 4.69) is 30.4 Å². The molecular formula is C16H21NO2S. The number of furan rings is 1. The summed E-state index contributed by atoms with van der Waals surface area (Å²) in [7, 11) is 1.72. The molecule has 0 fully saturated rings. The summed E-state index contributed by atoms with van der Waals surface area (Å²) in [6, 6.07) is 8.59. The van der Waals surface area contributed by atoms with Gasteiger partial charge in [0.2, 0.25) is 0 Å². The minimum absolute atomic E-state index is 0.743. The van der Waals surface area contributed by atoms with Crippen LogP contribution in [-0.2, 0) is 11.3 Å². The van der Waals surface area contributed by atoms with Crippen molar-refractivity contribution in [2.45, 2.75) is 30.2 Å². The van der Waals surface area contributed by atoms with Crippen molar-refractivity contribution in [2.75, 3.05) is 20.3 Å². The van der Waals surface area contributed by atoms with Crippen molar-refractivity contribution in [1.29, 1.82) is 0 Å². The molecule has 0 bridgehead atoms. The van der Waals surface area contributed by atoms with E-state index in [1.54, 1.807) is 25.1 Å². The number of hydrogen-bond acceptors (Lipinski definition) is 4. The summed E-state index contributed by atoms with van der Waals surface area (Å²) in [6.07, 6.45) is 1.73. The predicted molar refractivity (Wildman–Crippen MR) is 82.3 cm³/mol. The van der Waals surface area contributed by atoms with Crippen molar-refractivity contribution in [3.63, 3.8) is 0 Å². The van der Waals surface area contributed by atoms with Crippen molar-refractivity contribution in [2.24, 2.45) is 0 Å². The first-order valence-electron chi connectivity index (χ1n) is 6.72. The molecule has 0 saturated carbocycles. The average molecular weight is 291 g/mol. The first kappa shape index (κ1) is 15.2. The van der Waals surface area contributed by atoms with Gasteiger partial charge in [-0.3, -0.25) is 0 Å². The molecule has 1 N–H and O–H groups in total. The first-order valence-corrected chi connectivity index (χ1v) is 7.53.